The maximum absolute atomic E-state index is 13.4. The zero-order valence-electron chi connectivity index (χ0n) is 9.40. The molecule has 1 heterocycles. The van der Waals surface area contributed by atoms with Crippen LogP contribution in [0.3, 0.4) is 0 Å². The molecular formula is C12H15FN2O. The Hall–Kier alpha value is -1.39. The van der Waals surface area contributed by atoms with Crippen molar-refractivity contribution in [3.05, 3.63) is 35.8 Å². The number of fused-ring (bicyclic) bond motifs is 1. The molecule has 86 valence electrons. The van der Waals surface area contributed by atoms with Crippen LogP contribution < -0.4 is 5.73 Å². The molecule has 3 nitrogen and oxygen atoms in total. The highest BCUT2D eigenvalue weighted by atomic mass is 19.1. The molecule has 0 aliphatic carbocycles. The molecule has 0 saturated carbocycles. The first kappa shape index (κ1) is 11.1. The minimum Gasteiger partial charge on any atom is -0.456 e. The summed E-state index contributed by atoms with van der Waals surface area (Å²) >= 11 is 0. The number of likely N-dealkylation sites (N-methyl/N-ethyl adjacent to an activating group) is 1. The summed E-state index contributed by atoms with van der Waals surface area (Å²) in [6.45, 7) is 0.668. The Kier molecular flexibility index (Phi) is 2.94. The predicted molar refractivity (Wildman–Crippen MR) is 61.7 cm³/mol. The fourth-order valence-corrected chi connectivity index (χ4v) is 1.71. The molecule has 0 fully saturated rings. The van der Waals surface area contributed by atoms with Crippen molar-refractivity contribution < 1.29 is 8.81 Å². The van der Waals surface area contributed by atoms with E-state index in [2.05, 4.69) is 0 Å². The summed E-state index contributed by atoms with van der Waals surface area (Å²) in [4.78, 5) is 1.97. The van der Waals surface area contributed by atoms with E-state index in [4.69, 9.17) is 10.2 Å². The highest BCUT2D eigenvalue weighted by Crippen LogP contribution is 2.25. The maximum atomic E-state index is 13.4. The minimum absolute atomic E-state index is 0.234. The van der Waals surface area contributed by atoms with Crippen LogP contribution >= 0.6 is 0 Å². The summed E-state index contributed by atoms with van der Waals surface area (Å²) in [6, 6.07) is 6.42. The van der Waals surface area contributed by atoms with Gasteiger partial charge in [0.05, 0.1) is 6.04 Å². The Bertz CT molecular complexity index is 493. The van der Waals surface area contributed by atoms with E-state index in [9.17, 15) is 4.39 Å². The second-order valence-corrected chi connectivity index (χ2v) is 4.18. The lowest BCUT2D eigenvalue weighted by Gasteiger charge is -2.14. The van der Waals surface area contributed by atoms with E-state index in [-0.39, 0.29) is 17.4 Å². The van der Waals surface area contributed by atoms with Gasteiger partial charge in [0.15, 0.2) is 11.4 Å². The van der Waals surface area contributed by atoms with E-state index in [1.807, 2.05) is 25.1 Å². The molecule has 4 heteroatoms. The molecule has 1 unspecified atom stereocenters. The average molecular weight is 222 g/mol. The van der Waals surface area contributed by atoms with Crippen molar-refractivity contribution in [2.75, 3.05) is 20.6 Å². The number of rotatable bonds is 3. The van der Waals surface area contributed by atoms with E-state index in [0.717, 1.165) is 5.39 Å². The van der Waals surface area contributed by atoms with Crippen LogP contribution in [0.15, 0.2) is 28.7 Å². The van der Waals surface area contributed by atoms with Gasteiger partial charge in [-0.25, -0.2) is 4.39 Å². The Morgan fingerprint density at radius 2 is 2.19 bits per heavy atom. The van der Waals surface area contributed by atoms with Crippen molar-refractivity contribution in [3.63, 3.8) is 0 Å². The molecule has 1 aromatic carbocycles. The molecule has 0 spiro atoms. The Labute approximate surface area is 93.6 Å². The van der Waals surface area contributed by atoms with Crippen molar-refractivity contribution in [3.8, 4) is 0 Å². The monoisotopic (exact) mass is 222 g/mol. The Balaban J connectivity index is 2.36. The third kappa shape index (κ3) is 2.08. The first-order chi connectivity index (χ1) is 7.58. The smallest absolute Gasteiger partial charge is 0.169 e. The second kappa shape index (κ2) is 4.23. The van der Waals surface area contributed by atoms with Crippen molar-refractivity contribution in [1.82, 2.24) is 4.90 Å². The van der Waals surface area contributed by atoms with Crippen LogP contribution in [-0.4, -0.2) is 25.5 Å². The molecule has 16 heavy (non-hydrogen) atoms. The third-order valence-electron chi connectivity index (χ3n) is 2.44. The van der Waals surface area contributed by atoms with Crippen molar-refractivity contribution >= 4 is 11.0 Å². The first-order valence-electron chi connectivity index (χ1n) is 5.16. The van der Waals surface area contributed by atoms with Gasteiger partial charge in [-0.3, -0.25) is 0 Å². The molecule has 0 aliphatic rings. The summed E-state index contributed by atoms with van der Waals surface area (Å²) in [7, 11) is 3.87. The molecule has 0 amide bonds. The van der Waals surface area contributed by atoms with Crippen LogP contribution in [0.1, 0.15) is 11.8 Å². The van der Waals surface area contributed by atoms with Gasteiger partial charge in [0.2, 0.25) is 0 Å². The van der Waals surface area contributed by atoms with Crippen molar-refractivity contribution in [2.24, 2.45) is 5.73 Å². The van der Waals surface area contributed by atoms with Gasteiger partial charge in [0.1, 0.15) is 5.76 Å². The molecule has 0 aliphatic heterocycles. The maximum Gasteiger partial charge on any atom is 0.169 e. The molecule has 0 saturated heterocycles. The van der Waals surface area contributed by atoms with E-state index >= 15 is 0 Å². The third-order valence-corrected chi connectivity index (χ3v) is 2.44. The van der Waals surface area contributed by atoms with E-state index in [0.29, 0.717) is 12.3 Å². The van der Waals surface area contributed by atoms with E-state index in [1.165, 1.54) is 6.07 Å². The summed E-state index contributed by atoms with van der Waals surface area (Å²) in [5.41, 5.74) is 6.24. The highest BCUT2D eigenvalue weighted by Gasteiger charge is 2.14. The minimum atomic E-state index is -0.346. The van der Waals surface area contributed by atoms with Crippen LogP contribution in [0.4, 0.5) is 4.39 Å². The number of hydrogen-bond donors (Lipinski definition) is 1. The van der Waals surface area contributed by atoms with Crippen molar-refractivity contribution in [1.29, 1.82) is 0 Å². The zero-order chi connectivity index (χ0) is 11.7. The SMILES string of the molecule is CN(C)CC(N)c1cc2cccc(F)c2o1. The summed E-state index contributed by atoms with van der Waals surface area (Å²) in [6.07, 6.45) is 0. The Morgan fingerprint density at radius 1 is 1.44 bits per heavy atom. The fourth-order valence-electron chi connectivity index (χ4n) is 1.71. The average Bonchev–Trinajstić information content (AvgIpc) is 2.61. The van der Waals surface area contributed by atoms with Gasteiger partial charge in [0.25, 0.3) is 0 Å². The largest absolute Gasteiger partial charge is 0.456 e. The van der Waals surface area contributed by atoms with E-state index < -0.39 is 0 Å². The van der Waals surface area contributed by atoms with Crippen LogP contribution in [0.2, 0.25) is 0 Å². The summed E-state index contributed by atoms with van der Waals surface area (Å²) < 4.78 is 18.8. The topological polar surface area (TPSA) is 42.4 Å². The lowest BCUT2D eigenvalue weighted by Crippen LogP contribution is -2.25. The van der Waals surface area contributed by atoms with Gasteiger partial charge in [-0.2, -0.15) is 0 Å². The van der Waals surface area contributed by atoms with Crippen LogP contribution in [0.25, 0.3) is 11.0 Å². The predicted octanol–water partition coefficient (Wildman–Crippen LogP) is 2.13. The number of para-hydroxylation sites is 1. The number of nitrogens with two attached hydrogens (primary N) is 1. The molecule has 2 rings (SSSR count). The van der Waals surface area contributed by atoms with Crippen LogP contribution in [0.5, 0.6) is 0 Å². The van der Waals surface area contributed by atoms with Crippen LogP contribution in [0, 0.1) is 5.82 Å². The number of furan rings is 1. The molecule has 2 aromatic rings. The molecular weight excluding hydrogens is 207 g/mol. The number of hydrogen-bond acceptors (Lipinski definition) is 3. The van der Waals surface area contributed by atoms with E-state index in [1.54, 1.807) is 12.1 Å². The zero-order valence-corrected chi connectivity index (χ0v) is 9.40. The normalized spacial score (nSPS) is 13.6. The number of benzene rings is 1. The second-order valence-electron chi connectivity index (χ2n) is 4.18. The lowest BCUT2D eigenvalue weighted by molar-refractivity contribution is 0.349. The van der Waals surface area contributed by atoms with Gasteiger partial charge in [-0.15, -0.1) is 0 Å². The number of nitrogens with zero attached hydrogens (tertiary/aromatic N) is 1. The Morgan fingerprint density at radius 3 is 2.81 bits per heavy atom. The molecule has 0 bridgehead atoms. The quantitative estimate of drug-likeness (QED) is 0.865. The summed E-state index contributed by atoms with van der Waals surface area (Å²) in [5.74, 6) is 0.273. The van der Waals surface area contributed by atoms with Gasteiger partial charge >= 0.3 is 0 Å². The highest BCUT2D eigenvalue weighted by molar-refractivity contribution is 5.78. The number of halogens is 1. The molecule has 1 atom stereocenters. The first-order valence-corrected chi connectivity index (χ1v) is 5.16. The fraction of sp³-hybridized carbons (Fsp3) is 0.333. The van der Waals surface area contributed by atoms with Gasteiger partial charge in [-0.05, 0) is 26.2 Å². The molecule has 1 aromatic heterocycles. The summed E-state index contributed by atoms with van der Waals surface area (Å²) in [5, 5.41) is 0.754. The standard InChI is InChI=1S/C12H15FN2O/c1-15(2)7-10(14)11-6-8-4-3-5-9(13)12(8)16-11/h3-6,10H,7,14H2,1-2H3. The molecule has 2 N–H and O–H groups in total. The molecule has 0 radical (unpaired) electrons. The lowest BCUT2D eigenvalue weighted by atomic mass is 10.2. The van der Waals surface area contributed by atoms with Gasteiger partial charge in [0, 0.05) is 11.9 Å². The van der Waals surface area contributed by atoms with Gasteiger partial charge < -0.3 is 15.1 Å². The van der Waals surface area contributed by atoms with Crippen LogP contribution in [-0.2, 0) is 0 Å². The van der Waals surface area contributed by atoms with Gasteiger partial charge in [-0.1, -0.05) is 12.1 Å². The van der Waals surface area contributed by atoms with Crippen molar-refractivity contribution in [2.45, 2.75) is 6.04 Å².